The molecule has 3 rings (SSSR count). The molecule has 2 aliphatic heterocycles. The van der Waals surface area contributed by atoms with E-state index in [-0.39, 0.29) is 5.91 Å². The van der Waals surface area contributed by atoms with Gasteiger partial charge in [0, 0.05) is 58.8 Å². The van der Waals surface area contributed by atoms with E-state index in [1.54, 1.807) is 6.92 Å². The van der Waals surface area contributed by atoms with Gasteiger partial charge in [-0.15, -0.1) is 0 Å². The van der Waals surface area contributed by atoms with E-state index in [0.717, 1.165) is 51.4 Å². The number of hydrogen-bond acceptors (Lipinski definition) is 4. The second-order valence-corrected chi connectivity index (χ2v) is 7.09. The third-order valence-electron chi connectivity index (χ3n) is 5.37. The van der Waals surface area contributed by atoms with Crippen LogP contribution in [-0.4, -0.2) is 65.9 Å². The molecule has 0 saturated carbocycles. The molecule has 2 atom stereocenters. The van der Waals surface area contributed by atoms with Crippen LogP contribution in [-0.2, 0) is 11.3 Å². The van der Waals surface area contributed by atoms with Gasteiger partial charge >= 0.3 is 0 Å². The lowest BCUT2D eigenvalue weighted by Crippen LogP contribution is -2.53. The molecule has 5 heteroatoms. The molecule has 0 bridgehead atoms. The van der Waals surface area contributed by atoms with Crippen molar-refractivity contribution in [1.29, 1.82) is 5.26 Å². The van der Waals surface area contributed by atoms with Gasteiger partial charge in [-0.2, -0.15) is 5.26 Å². The second kappa shape index (κ2) is 7.33. The molecule has 0 N–H and O–H groups in total. The fourth-order valence-corrected chi connectivity index (χ4v) is 3.96. The molecule has 2 fully saturated rings. The summed E-state index contributed by atoms with van der Waals surface area (Å²) in [6, 6.07) is 10.7. The highest BCUT2D eigenvalue weighted by Gasteiger charge is 2.35. The largest absolute Gasteiger partial charge is 0.340 e. The summed E-state index contributed by atoms with van der Waals surface area (Å²) in [7, 11) is 0. The van der Waals surface area contributed by atoms with Crippen LogP contribution in [0.5, 0.6) is 0 Å². The van der Waals surface area contributed by atoms with Crippen LogP contribution in [0.3, 0.4) is 0 Å². The Balaban J connectivity index is 1.55. The number of nitriles is 1. The predicted molar refractivity (Wildman–Crippen MR) is 93.2 cm³/mol. The lowest BCUT2D eigenvalue weighted by atomic mass is 10.0. The number of carbonyl (C=O) groups excluding carboxylic acids is 1. The number of rotatable bonds is 3. The second-order valence-electron chi connectivity index (χ2n) is 7.09. The molecule has 1 aromatic rings. The standard InChI is InChI=1S/C19H26N4O/c1-15-12-21(13-18-5-3-17(11-20)4-6-18)14-19(15)23-9-7-22(8-10-23)16(2)24/h3-6,15,19H,7-10,12-14H2,1-2H3. The molecule has 128 valence electrons. The molecule has 0 aromatic heterocycles. The number of nitrogens with zero attached hydrogens (tertiary/aromatic N) is 4. The lowest BCUT2D eigenvalue weighted by molar-refractivity contribution is -0.130. The molecule has 5 nitrogen and oxygen atoms in total. The molecular formula is C19H26N4O. The van der Waals surface area contributed by atoms with Crippen molar-refractivity contribution in [3.8, 4) is 6.07 Å². The minimum Gasteiger partial charge on any atom is -0.340 e. The first-order valence-corrected chi connectivity index (χ1v) is 8.78. The van der Waals surface area contributed by atoms with Gasteiger partial charge in [-0.25, -0.2) is 0 Å². The molecule has 1 aromatic carbocycles. The Morgan fingerprint density at radius 1 is 1.17 bits per heavy atom. The third-order valence-corrected chi connectivity index (χ3v) is 5.37. The first-order valence-electron chi connectivity index (χ1n) is 8.78. The van der Waals surface area contributed by atoms with Crippen LogP contribution in [0.4, 0.5) is 0 Å². The average molecular weight is 326 g/mol. The maximum absolute atomic E-state index is 11.5. The van der Waals surface area contributed by atoms with Crippen molar-refractivity contribution < 1.29 is 4.79 Å². The van der Waals surface area contributed by atoms with Crippen molar-refractivity contribution in [2.45, 2.75) is 26.4 Å². The Bertz CT molecular complexity index is 613. The number of carbonyl (C=O) groups is 1. The Hall–Kier alpha value is -1.90. The van der Waals surface area contributed by atoms with Crippen LogP contribution < -0.4 is 0 Å². The third kappa shape index (κ3) is 3.77. The van der Waals surface area contributed by atoms with E-state index >= 15 is 0 Å². The maximum Gasteiger partial charge on any atom is 0.219 e. The molecular weight excluding hydrogens is 300 g/mol. The van der Waals surface area contributed by atoms with Crippen LogP contribution in [0.2, 0.25) is 0 Å². The number of benzene rings is 1. The summed E-state index contributed by atoms with van der Waals surface area (Å²) >= 11 is 0. The van der Waals surface area contributed by atoms with E-state index in [9.17, 15) is 4.79 Å². The van der Waals surface area contributed by atoms with E-state index in [0.29, 0.717) is 12.0 Å². The van der Waals surface area contributed by atoms with E-state index in [1.165, 1.54) is 5.56 Å². The highest BCUT2D eigenvalue weighted by molar-refractivity contribution is 5.73. The molecule has 0 radical (unpaired) electrons. The van der Waals surface area contributed by atoms with Gasteiger partial charge in [0.05, 0.1) is 11.6 Å². The molecule has 0 spiro atoms. The monoisotopic (exact) mass is 326 g/mol. The lowest BCUT2D eigenvalue weighted by Gasteiger charge is -2.39. The Labute approximate surface area is 144 Å². The van der Waals surface area contributed by atoms with Gasteiger partial charge in [0.15, 0.2) is 0 Å². The summed E-state index contributed by atoms with van der Waals surface area (Å²) in [6.45, 7) is 10.8. The zero-order valence-corrected chi connectivity index (χ0v) is 14.6. The summed E-state index contributed by atoms with van der Waals surface area (Å²) < 4.78 is 0. The van der Waals surface area contributed by atoms with Crippen molar-refractivity contribution in [2.24, 2.45) is 5.92 Å². The summed E-state index contributed by atoms with van der Waals surface area (Å²) in [4.78, 5) is 18.5. The summed E-state index contributed by atoms with van der Waals surface area (Å²) in [6.07, 6.45) is 0. The molecule has 1 amide bonds. The van der Waals surface area contributed by atoms with Gasteiger partial charge in [0.25, 0.3) is 0 Å². The first kappa shape index (κ1) is 16.9. The van der Waals surface area contributed by atoms with Crippen LogP contribution in [0.1, 0.15) is 25.0 Å². The van der Waals surface area contributed by atoms with E-state index in [4.69, 9.17) is 5.26 Å². The molecule has 2 saturated heterocycles. The summed E-state index contributed by atoms with van der Waals surface area (Å²) in [5.74, 6) is 0.837. The van der Waals surface area contributed by atoms with Gasteiger partial charge in [-0.3, -0.25) is 14.6 Å². The first-order chi connectivity index (χ1) is 11.6. The zero-order valence-electron chi connectivity index (χ0n) is 14.6. The molecule has 2 unspecified atom stereocenters. The SMILES string of the molecule is CC(=O)N1CCN(C2CN(Cc3ccc(C#N)cc3)CC2C)CC1. The highest BCUT2D eigenvalue weighted by atomic mass is 16.2. The quantitative estimate of drug-likeness (QED) is 0.845. The normalized spacial score (nSPS) is 25.6. The number of hydrogen-bond donors (Lipinski definition) is 0. The fraction of sp³-hybridized carbons (Fsp3) is 0.579. The van der Waals surface area contributed by atoms with Crippen molar-refractivity contribution >= 4 is 5.91 Å². The van der Waals surface area contributed by atoms with Crippen molar-refractivity contribution in [1.82, 2.24) is 14.7 Å². The van der Waals surface area contributed by atoms with Gasteiger partial charge < -0.3 is 4.90 Å². The van der Waals surface area contributed by atoms with E-state index < -0.39 is 0 Å². The number of likely N-dealkylation sites (tertiary alicyclic amines) is 1. The van der Waals surface area contributed by atoms with E-state index in [2.05, 4.69) is 34.9 Å². The van der Waals surface area contributed by atoms with Gasteiger partial charge in [0.2, 0.25) is 5.91 Å². The number of amides is 1. The van der Waals surface area contributed by atoms with Crippen LogP contribution in [0, 0.1) is 17.2 Å². The molecule has 0 aliphatic carbocycles. The summed E-state index contributed by atoms with van der Waals surface area (Å²) in [5, 5.41) is 8.89. The van der Waals surface area contributed by atoms with Gasteiger partial charge in [-0.05, 0) is 23.6 Å². The highest BCUT2D eigenvalue weighted by Crippen LogP contribution is 2.24. The fourth-order valence-electron chi connectivity index (χ4n) is 3.96. The van der Waals surface area contributed by atoms with Gasteiger partial charge in [0.1, 0.15) is 0 Å². The van der Waals surface area contributed by atoms with Crippen molar-refractivity contribution in [2.75, 3.05) is 39.3 Å². The Morgan fingerprint density at radius 2 is 1.83 bits per heavy atom. The van der Waals surface area contributed by atoms with Gasteiger partial charge in [-0.1, -0.05) is 19.1 Å². The topological polar surface area (TPSA) is 50.6 Å². The minimum absolute atomic E-state index is 0.191. The maximum atomic E-state index is 11.5. The molecule has 24 heavy (non-hydrogen) atoms. The average Bonchev–Trinajstić information content (AvgIpc) is 2.96. The van der Waals surface area contributed by atoms with Crippen molar-refractivity contribution in [3.63, 3.8) is 0 Å². The van der Waals surface area contributed by atoms with Crippen LogP contribution in [0.25, 0.3) is 0 Å². The van der Waals surface area contributed by atoms with Crippen LogP contribution >= 0.6 is 0 Å². The molecule has 2 aliphatic rings. The zero-order chi connectivity index (χ0) is 17.1. The Morgan fingerprint density at radius 3 is 2.42 bits per heavy atom. The van der Waals surface area contributed by atoms with Crippen molar-refractivity contribution in [3.05, 3.63) is 35.4 Å². The number of piperazine rings is 1. The Kier molecular flexibility index (Phi) is 5.17. The molecule has 2 heterocycles. The summed E-state index contributed by atoms with van der Waals surface area (Å²) in [5.41, 5.74) is 1.98. The predicted octanol–water partition coefficient (Wildman–Crippen LogP) is 1.54. The minimum atomic E-state index is 0.191. The smallest absolute Gasteiger partial charge is 0.219 e. The van der Waals surface area contributed by atoms with E-state index in [1.807, 2.05) is 17.0 Å². The van der Waals surface area contributed by atoms with Crippen LogP contribution in [0.15, 0.2) is 24.3 Å².